The van der Waals surface area contributed by atoms with Crippen LogP contribution in [-0.2, 0) is 12.8 Å². The Morgan fingerprint density at radius 2 is 2.14 bits per heavy atom. The van der Waals surface area contributed by atoms with E-state index in [0.717, 1.165) is 28.3 Å². The lowest BCUT2D eigenvalue weighted by atomic mass is 10.1. The van der Waals surface area contributed by atoms with Gasteiger partial charge in [-0.3, -0.25) is 0 Å². The van der Waals surface area contributed by atoms with Crippen molar-refractivity contribution >= 4 is 43.2 Å². The van der Waals surface area contributed by atoms with Gasteiger partial charge >= 0.3 is 0 Å². The molecule has 3 rings (SSSR count). The molecule has 0 saturated carbocycles. The van der Waals surface area contributed by atoms with Crippen LogP contribution in [-0.4, -0.2) is 11.5 Å². The molecular weight excluding hydrogens is 412 g/mol. The Morgan fingerprint density at radius 1 is 1.29 bits per heavy atom. The van der Waals surface area contributed by atoms with E-state index in [-0.39, 0.29) is 6.04 Å². The lowest BCUT2D eigenvalue weighted by Crippen LogP contribution is -2.23. The molecule has 0 aliphatic heterocycles. The molecule has 0 radical (unpaired) electrons. The predicted octanol–water partition coefficient (Wildman–Crippen LogP) is 5.25. The minimum absolute atomic E-state index is 0.199. The highest BCUT2D eigenvalue weighted by atomic mass is 79.9. The van der Waals surface area contributed by atoms with Crippen LogP contribution in [0.1, 0.15) is 46.9 Å². The Balaban J connectivity index is 1.94. The summed E-state index contributed by atoms with van der Waals surface area (Å²) in [5.41, 5.74) is 2.60. The molecule has 5 heteroatoms. The van der Waals surface area contributed by atoms with Gasteiger partial charge < -0.3 is 5.32 Å². The van der Waals surface area contributed by atoms with E-state index in [1.54, 1.807) is 0 Å². The molecule has 0 saturated heterocycles. The largest absolute Gasteiger partial charge is 0.304 e. The maximum absolute atomic E-state index is 4.90. The highest BCUT2D eigenvalue weighted by Gasteiger charge is 2.23. The van der Waals surface area contributed by atoms with Gasteiger partial charge in [0.1, 0.15) is 5.01 Å². The first-order valence-electron chi connectivity index (χ1n) is 7.36. The molecule has 1 heterocycles. The first-order valence-corrected chi connectivity index (χ1v) is 9.76. The number of nitrogens with one attached hydrogen (secondary N) is 1. The van der Waals surface area contributed by atoms with Crippen molar-refractivity contribution in [2.45, 2.75) is 38.6 Å². The molecule has 2 nitrogen and oxygen atoms in total. The molecule has 1 aliphatic rings. The number of aryl methyl sites for hydroxylation is 2. The van der Waals surface area contributed by atoms with Gasteiger partial charge in [0.25, 0.3) is 0 Å². The SMILES string of the molecule is CCCNC(c1ccc(Br)c(Br)c1)c1nc2c(s1)CCC2. The van der Waals surface area contributed by atoms with Gasteiger partial charge in [-0.1, -0.05) is 13.0 Å². The van der Waals surface area contributed by atoms with Crippen LogP contribution >= 0.6 is 43.2 Å². The second-order valence-corrected chi connectivity index (χ2v) is 8.16. The third-order valence-corrected chi connectivity index (χ3v) is 6.84. The lowest BCUT2D eigenvalue weighted by Gasteiger charge is -2.17. The summed E-state index contributed by atoms with van der Waals surface area (Å²) in [5, 5.41) is 4.86. The van der Waals surface area contributed by atoms with Gasteiger partial charge in [-0.25, -0.2) is 4.98 Å². The first kappa shape index (κ1) is 15.7. The lowest BCUT2D eigenvalue weighted by molar-refractivity contribution is 0.594. The van der Waals surface area contributed by atoms with E-state index in [1.165, 1.54) is 34.0 Å². The van der Waals surface area contributed by atoms with Crippen molar-refractivity contribution in [3.05, 3.63) is 48.3 Å². The molecule has 1 unspecified atom stereocenters. The number of nitrogens with zero attached hydrogens (tertiary/aromatic N) is 1. The number of halogens is 2. The van der Waals surface area contributed by atoms with Crippen LogP contribution < -0.4 is 5.32 Å². The molecule has 1 aliphatic carbocycles. The zero-order chi connectivity index (χ0) is 14.8. The zero-order valence-corrected chi connectivity index (χ0v) is 15.9. The van der Waals surface area contributed by atoms with Gasteiger partial charge in [-0.05, 0) is 81.8 Å². The number of fused-ring (bicyclic) bond motifs is 1. The van der Waals surface area contributed by atoms with Crippen molar-refractivity contribution in [1.82, 2.24) is 10.3 Å². The Bertz CT molecular complexity index is 618. The van der Waals surface area contributed by atoms with Crippen LogP contribution in [0.4, 0.5) is 0 Å². The number of hydrogen-bond donors (Lipinski definition) is 1. The number of aromatic nitrogens is 1. The maximum Gasteiger partial charge on any atom is 0.115 e. The van der Waals surface area contributed by atoms with Gasteiger partial charge in [0.05, 0.1) is 11.7 Å². The van der Waals surface area contributed by atoms with Crippen LogP contribution in [0.5, 0.6) is 0 Å². The minimum atomic E-state index is 0.199. The fourth-order valence-corrected chi connectivity index (χ4v) is 4.56. The van der Waals surface area contributed by atoms with Crippen LogP contribution in [0.2, 0.25) is 0 Å². The van der Waals surface area contributed by atoms with Crippen LogP contribution in [0.25, 0.3) is 0 Å². The molecule has 1 atom stereocenters. The quantitative estimate of drug-likeness (QED) is 0.702. The van der Waals surface area contributed by atoms with E-state index >= 15 is 0 Å². The van der Waals surface area contributed by atoms with Crippen molar-refractivity contribution in [3.63, 3.8) is 0 Å². The van der Waals surface area contributed by atoms with Crippen molar-refractivity contribution in [3.8, 4) is 0 Å². The molecule has 1 aromatic carbocycles. The number of thiazole rings is 1. The van der Waals surface area contributed by atoms with Gasteiger partial charge in [0.2, 0.25) is 0 Å². The van der Waals surface area contributed by atoms with E-state index < -0.39 is 0 Å². The monoisotopic (exact) mass is 428 g/mol. The molecular formula is C16H18Br2N2S. The summed E-state index contributed by atoms with van der Waals surface area (Å²) in [4.78, 5) is 6.39. The molecule has 1 N–H and O–H groups in total. The van der Waals surface area contributed by atoms with E-state index in [1.807, 2.05) is 11.3 Å². The number of benzene rings is 1. The third kappa shape index (κ3) is 3.41. The molecule has 0 bridgehead atoms. The average molecular weight is 430 g/mol. The van der Waals surface area contributed by atoms with Crippen LogP contribution in [0, 0.1) is 0 Å². The summed E-state index contributed by atoms with van der Waals surface area (Å²) in [6, 6.07) is 6.66. The van der Waals surface area contributed by atoms with Crippen LogP contribution in [0.3, 0.4) is 0 Å². The number of hydrogen-bond acceptors (Lipinski definition) is 3. The fourth-order valence-electron chi connectivity index (χ4n) is 2.66. The maximum atomic E-state index is 4.90. The van der Waals surface area contributed by atoms with Crippen LogP contribution in [0.15, 0.2) is 27.1 Å². The van der Waals surface area contributed by atoms with E-state index in [4.69, 9.17) is 4.98 Å². The molecule has 112 valence electrons. The van der Waals surface area contributed by atoms with Crippen molar-refractivity contribution < 1.29 is 0 Å². The summed E-state index contributed by atoms with van der Waals surface area (Å²) in [6.07, 6.45) is 4.75. The smallest absolute Gasteiger partial charge is 0.115 e. The molecule has 2 aromatic rings. The molecule has 0 fully saturated rings. The van der Waals surface area contributed by atoms with Crippen molar-refractivity contribution in [1.29, 1.82) is 0 Å². The summed E-state index contributed by atoms with van der Waals surface area (Å²) in [6.45, 7) is 3.20. The second-order valence-electron chi connectivity index (χ2n) is 5.34. The molecule has 0 spiro atoms. The summed E-state index contributed by atoms with van der Waals surface area (Å²) in [7, 11) is 0. The highest BCUT2D eigenvalue weighted by molar-refractivity contribution is 9.13. The first-order chi connectivity index (χ1) is 10.2. The molecule has 0 amide bonds. The van der Waals surface area contributed by atoms with Gasteiger partial charge in [0, 0.05) is 13.8 Å². The zero-order valence-electron chi connectivity index (χ0n) is 12.0. The molecule has 21 heavy (non-hydrogen) atoms. The fraction of sp³-hybridized carbons (Fsp3) is 0.438. The molecule has 1 aromatic heterocycles. The highest BCUT2D eigenvalue weighted by Crippen LogP contribution is 2.35. The summed E-state index contributed by atoms with van der Waals surface area (Å²) < 4.78 is 2.18. The second kappa shape index (κ2) is 6.90. The van der Waals surface area contributed by atoms with E-state index in [0.29, 0.717) is 0 Å². The Kier molecular flexibility index (Phi) is 5.15. The normalized spacial score (nSPS) is 15.2. The van der Waals surface area contributed by atoms with E-state index in [2.05, 4.69) is 62.3 Å². The van der Waals surface area contributed by atoms with E-state index in [9.17, 15) is 0 Å². The third-order valence-electron chi connectivity index (χ3n) is 3.73. The van der Waals surface area contributed by atoms with Gasteiger partial charge in [-0.2, -0.15) is 0 Å². The summed E-state index contributed by atoms with van der Waals surface area (Å²) >= 11 is 9.04. The number of rotatable bonds is 5. The predicted molar refractivity (Wildman–Crippen MR) is 96.1 cm³/mol. The Labute approximate surface area is 146 Å². The van der Waals surface area contributed by atoms with Gasteiger partial charge in [0.15, 0.2) is 0 Å². The van der Waals surface area contributed by atoms with Crippen molar-refractivity contribution in [2.24, 2.45) is 0 Å². The standard InChI is InChI=1S/C16H18Br2N2S/c1-2-8-19-15(10-6-7-11(17)12(18)9-10)16-20-13-4-3-5-14(13)21-16/h6-7,9,15,19H,2-5,8H2,1H3. The van der Waals surface area contributed by atoms with Gasteiger partial charge in [-0.15, -0.1) is 11.3 Å². The summed E-state index contributed by atoms with van der Waals surface area (Å²) in [5.74, 6) is 0. The topological polar surface area (TPSA) is 24.9 Å². The average Bonchev–Trinajstić information content (AvgIpc) is 3.04. The minimum Gasteiger partial charge on any atom is -0.304 e. The Hall–Kier alpha value is -0.230. The Morgan fingerprint density at radius 3 is 2.86 bits per heavy atom. The van der Waals surface area contributed by atoms with Crippen molar-refractivity contribution in [2.75, 3.05) is 6.54 Å².